The van der Waals surface area contributed by atoms with Gasteiger partial charge >= 0.3 is 0 Å². The van der Waals surface area contributed by atoms with E-state index in [-0.39, 0.29) is 0 Å². The Balaban J connectivity index is 0.00000100. The van der Waals surface area contributed by atoms with Crippen molar-refractivity contribution in [3.05, 3.63) is 47.0 Å². The van der Waals surface area contributed by atoms with Crippen molar-refractivity contribution >= 4 is 11.1 Å². The highest BCUT2D eigenvalue weighted by atomic mass is 19.2. The van der Waals surface area contributed by atoms with Crippen molar-refractivity contribution in [3.8, 4) is 0 Å². The fourth-order valence-corrected chi connectivity index (χ4v) is 3.47. The monoisotopic (exact) mass is 332 g/mol. The summed E-state index contributed by atoms with van der Waals surface area (Å²) in [6.45, 7) is 8.40. The highest BCUT2D eigenvalue weighted by Crippen LogP contribution is 2.36. The third-order valence-corrected chi connectivity index (χ3v) is 5.12. The number of hydrogen-bond acceptors (Lipinski definition) is 0. The summed E-state index contributed by atoms with van der Waals surface area (Å²) >= 11 is 0. The minimum atomic E-state index is -0.669. The minimum Gasteiger partial charge on any atom is -0.203 e. The molecule has 1 aromatic carbocycles. The Morgan fingerprint density at radius 2 is 1.12 bits per heavy atom. The molecule has 24 heavy (non-hydrogen) atoms. The molecule has 3 rings (SSSR count). The Kier molecular flexibility index (Phi) is 6.77. The fourth-order valence-electron chi connectivity index (χ4n) is 3.47. The molecular weight excluding hydrogens is 302 g/mol. The summed E-state index contributed by atoms with van der Waals surface area (Å²) in [5, 5.41) is 0. The van der Waals surface area contributed by atoms with Gasteiger partial charge in [0, 0.05) is 11.1 Å². The van der Waals surface area contributed by atoms with E-state index in [1.54, 1.807) is 12.1 Å². The van der Waals surface area contributed by atoms with Crippen LogP contribution in [-0.2, 0) is 0 Å². The molecule has 0 nitrogen and oxygen atoms in total. The topological polar surface area (TPSA) is 0 Å². The highest BCUT2D eigenvalue weighted by Gasteiger charge is 2.21. The Morgan fingerprint density at radius 3 is 1.42 bits per heavy atom. The van der Waals surface area contributed by atoms with Crippen molar-refractivity contribution in [3.63, 3.8) is 0 Å². The summed E-state index contributed by atoms with van der Waals surface area (Å²) in [7, 11) is 0. The van der Waals surface area contributed by atoms with E-state index in [4.69, 9.17) is 0 Å². The van der Waals surface area contributed by atoms with Crippen LogP contribution in [0.4, 0.5) is 8.78 Å². The largest absolute Gasteiger partial charge is 0.203 e. The third-order valence-electron chi connectivity index (χ3n) is 5.12. The Hall–Kier alpha value is -1.44. The summed E-state index contributed by atoms with van der Waals surface area (Å²) in [5.74, 6) is -0.0497. The van der Waals surface area contributed by atoms with Crippen LogP contribution in [0.1, 0.15) is 77.3 Å². The smallest absolute Gasteiger partial charge is 0.166 e. The molecule has 0 N–H and O–H groups in total. The molecule has 0 bridgehead atoms. The van der Waals surface area contributed by atoms with Gasteiger partial charge in [0.25, 0.3) is 0 Å². The molecule has 2 unspecified atom stereocenters. The van der Waals surface area contributed by atoms with E-state index in [2.05, 4.69) is 26.0 Å². The molecule has 2 atom stereocenters. The summed E-state index contributed by atoms with van der Waals surface area (Å²) in [5.41, 5.74) is 2.84. The second-order valence-corrected chi connectivity index (χ2v) is 7.01. The van der Waals surface area contributed by atoms with Crippen LogP contribution >= 0.6 is 0 Å². The normalized spacial score (nSPS) is 23.8. The lowest BCUT2D eigenvalue weighted by atomic mass is 9.85. The van der Waals surface area contributed by atoms with Gasteiger partial charge in [-0.1, -0.05) is 52.0 Å². The zero-order chi connectivity index (χ0) is 17.7. The molecule has 0 spiro atoms. The van der Waals surface area contributed by atoms with Crippen LogP contribution in [0.25, 0.3) is 11.1 Å². The molecule has 0 heterocycles. The molecule has 2 aliphatic carbocycles. The lowest BCUT2D eigenvalue weighted by Gasteiger charge is -2.21. The van der Waals surface area contributed by atoms with E-state index in [0.717, 1.165) is 49.7 Å². The van der Waals surface area contributed by atoms with Gasteiger partial charge in [0.05, 0.1) is 0 Å². The molecule has 0 saturated carbocycles. The average Bonchev–Trinajstić information content (AvgIpc) is 2.61. The van der Waals surface area contributed by atoms with Crippen LogP contribution in [0, 0.1) is 23.5 Å². The van der Waals surface area contributed by atoms with Crippen LogP contribution in [0.5, 0.6) is 0 Å². The number of halogens is 2. The average molecular weight is 332 g/mol. The van der Waals surface area contributed by atoms with Crippen molar-refractivity contribution in [1.82, 2.24) is 0 Å². The van der Waals surface area contributed by atoms with E-state index in [9.17, 15) is 8.78 Å². The van der Waals surface area contributed by atoms with E-state index >= 15 is 0 Å². The third kappa shape index (κ3) is 4.15. The van der Waals surface area contributed by atoms with E-state index < -0.39 is 11.6 Å². The van der Waals surface area contributed by atoms with Crippen LogP contribution in [0.3, 0.4) is 0 Å². The van der Waals surface area contributed by atoms with Gasteiger partial charge in [-0.3, -0.25) is 0 Å². The van der Waals surface area contributed by atoms with Crippen LogP contribution in [0.2, 0.25) is 0 Å². The quantitative estimate of drug-likeness (QED) is 0.529. The zero-order valence-corrected chi connectivity index (χ0v) is 15.5. The van der Waals surface area contributed by atoms with Crippen molar-refractivity contribution in [2.45, 2.75) is 66.2 Å². The fraction of sp³-hybridized carbons (Fsp3) is 0.545. The lowest BCUT2D eigenvalue weighted by Crippen LogP contribution is -2.06. The van der Waals surface area contributed by atoms with Gasteiger partial charge in [0.1, 0.15) is 0 Å². The van der Waals surface area contributed by atoms with E-state index in [1.165, 1.54) is 0 Å². The van der Waals surface area contributed by atoms with Gasteiger partial charge in [0.15, 0.2) is 11.6 Å². The standard InChI is InChI=1S/C20H24F2.C2H6/c1-13-3-7-15(8-4-13)17-11-12-18(20(22)19(17)21)16-9-5-14(2)6-10-16;1-2/h7,9,11-14H,3-6,8,10H2,1-2H3;1-2H3. The predicted octanol–water partition coefficient (Wildman–Crippen LogP) is 7.40. The summed E-state index contributed by atoms with van der Waals surface area (Å²) in [6, 6.07) is 3.54. The molecule has 0 saturated heterocycles. The van der Waals surface area contributed by atoms with Gasteiger partial charge in [-0.25, -0.2) is 8.78 Å². The van der Waals surface area contributed by atoms with Crippen molar-refractivity contribution in [1.29, 1.82) is 0 Å². The van der Waals surface area contributed by atoms with E-state index in [1.807, 2.05) is 13.8 Å². The molecule has 0 aliphatic heterocycles. The Labute approximate surface area is 145 Å². The van der Waals surface area contributed by atoms with Gasteiger partial charge < -0.3 is 0 Å². The number of allylic oxidation sites excluding steroid dienone is 4. The molecule has 2 aliphatic rings. The minimum absolute atomic E-state index is 0.456. The molecule has 2 heteroatoms. The SMILES string of the molecule is CC.CC1CC=C(c2ccc(C3=CCC(C)CC3)c(F)c2F)CC1. The first kappa shape index (κ1) is 18.9. The van der Waals surface area contributed by atoms with Gasteiger partial charge in [-0.2, -0.15) is 0 Å². The second kappa shape index (κ2) is 8.60. The summed E-state index contributed by atoms with van der Waals surface area (Å²) in [6.07, 6.45) is 9.87. The molecule has 1 aromatic rings. The van der Waals surface area contributed by atoms with Crippen LogP contribution < -0.4 is 0 Å². The molecule has 0 fully saturated rings. The van der Waals surface area contributed by atoms with Gasteiger partial charge in [0.2, 0.25) is 0 Å². The number of rotatable bonds is 2. The van der Waals surface area contributed by atoms with Gasteiger partial charge in [-0.05, 0) is 61.5 Å². The molecule has 132 valence electrons. The van der Waals surface area contributed by atoms with Crippen LogP contribution in [0.15, 0.2) is 24.3 Å². The maximum absolute atomic E-state index is 14.5. The summed E-state index contributed by atoms with van der Waals surface area (Å²) in [4.78, 5) is 0. The van der Waals surface area contributed by atoms with Crippen LogP contribution in [-0.4, -0.2) is 0 Å². The first-order chi connectivity index (χ1) is 11.6. The maximum atomic E-state index is 14.5. The van der Waals surface area contributed by atoms with E-state index in [0.29, 0.717) is 23.0 Å². The first-order valence-corrected chi connectivity index (χ1v) is 9.43. The summed E-state index contributed by atoms with van der Waals surface area (Å²) < 4.78 is 29.1. The zero-order valence-electron chi connectivity index (χ0n) is 15.5. The van der Waals surface area contributed by atoms with Crippen molar-refractivity contribution in [2.24, 2.45) is 11.8 Å². The molecule has 0 amide bonds. The predicted molar refractivity (Wildman–Crippen MR) is 99.7 cm³/mol. The number of hydrogen-bond donors (Lipinski definition) is 0. The van der Waals surface area contributed by atoms with Gasteiger partial charge in [-0.15, -0.1) is 0 Å². The first-order valence-electron chi connectivity index (χ1n) is 9.43. The second-order valence-electron chi connectivity index (χ2n) is 7.01. The van der Waals surface area contributed by atoms with Crippen molar-refractivity contribution < 1.29 is 8.78 Å². The molecular formula is C22H30F2. The van der Waals surface area contributed by atoms with Crippen molar-refractivity contribution in [2.75, 3.05) is 0 Å². The Morgan fingerprint density at radius 1 is 0.750 bits per heavy atom. The maximum Gasteiger partial charge on any atom is 0.166 e. The molecule has 0 aromatic heterocycles. The number of benzene rings is 1. The lowest BCUT2D eigenvalue weighted by molar-refractivity contribution is 0.495. The Bertz CT molecular complexity index is 570. The highest BCUT2D eigenvalue weighted by molar-refractivity contribution is 5.72. The molecule has 0 radical (unpaired) electrons.